The SMILES string of the molecule is COC(=O)[C@H]1O[C@H](OC(=N)C(Cl)(Cl)Cl)[C@H](OC(=O)CC(C)C)[C@@H](OC(=O)CC(C)C)[C@@H]1OC(=O)CC(C)C. The van der Waals surface area contributed by atoms with E-state index in [1.54, 1.807) is 41.5 Å². The molecule has 1 N–H and O–H groups in total. The molecular weight excluding hydrogens is 569 g/mol. The first-order chi connectivity index (χ1) is 17.5. The van der Waals surface area contributed by atoms with Crippen LogP contribution in [0.1, 0.15) is 60.8 Å². The maximum atomic E-state index is 12.8. The van der Waals surface area contributed by atoms with Gasteiger partial charge in [0.1, 0.15) is 0 Å². The second kappa shape index (κ2) is 15.1. The molecule has 218 valence electrons. The summed E-state index contributed by atoms with van der Waals surface area (Å²) in [7, 11) is 1.06. The van der Waals surface area contributed by atoms with E-state index in [0.717, 1.165) is 7.11 Å². The maximum absolute atomic E-state index is 12.8. The standard InChI is InChI=1S/C24H36Cl3NO10/c1-11(2)8-14(29)34-17-18(35-15(30)9-12(3)4)20(36-16(31)10-13(5)6)22(37-19(17)21(32)33-7)38-23(28)24(25,26)27/h11-13,17-20,22,28H,8-10H2,1-7H3/t17-,18-,19-,20+,22+/m0/s1. The Morgan fingerprint density at radius 1 is 0.737 bits per heavy atom. The van der Waals surface area contributed by atoms with Crippen molar-refractivity contribution < 1.29 is 47.6 Å². The summed E-state index contributed by atoms with van der Waals surface area (Å²) in [5, 5.41) is 7.97. The molecule has 38 heavy (non-hydrogen) atoms. The third-order valence-electron chi connectivity index (χ3n) is 4.95. The smallest absolute Gasteiger partial charge is 0.339 e. The summed E-state index contributed by atoms with van der Waals surface area (Å²) < 4.78 is 30.2. The van der Waals surface area contributed by atoms with Crippen LogP contribution in [0.15, 0.2) is 0 Å². The summed E-state index contributed by atoms with van der Waals surface area (Å²) in [4.78, 5) is 50.8. The maximum Gasteiger partial charge on any atom is 0.339 e. The van der Waals surface area contributed by atoms with Gasteiger partial charge in [0.15, 0.2) is 18.3 Å². The summed E-state index contributed by atoms with van der Waals surface area (Å²) in [5.74, 6) is -4.49. The predicted molar refractivity (Wildman–Crippen MR) is 138 cm³/mol. The van der Waals surface area contributed by atoms with Crippen LogP contribution in [-0.2, 0) is 47.6 Å². The second-order valence-corrected chi connectivity index (χ2v) is 12.3. The molecule has 1 saturated heterocycles. The molecule has 1 rings (SSSR count). The number of methoxy groups -OCH3 is 1. The van der Waals surface area contributed by atoms with Crippen molar-refractivity contribution in [2.75, 3.05) is 7.11 Å². The first kappa shape index (κ1) is 34.2. The van der Waals surface area contributed by atoms with Crippen LogP contribution < -0.4 is 0 Å². The average Bonchev–Trinajstić information content (AvgIpc) is 2.74. The van der Waals surface area contributed by atoms with E-state index in [0.29, 0.717) is 0 Å². The first-order valence-corrected chi connectivity index (χ1v) is 13.2. The van der Waals surface area contributed by atoms with Crippen molar-refractivity contribution in [3.8, 4) is 0 Å². The molecule has 1 fully saturated rings. The zero-order chi connectivity index (χ0) is 29.4. The number of halogens is 3. The van der Waals surface area contributed by atoms with Crippen LogP contribution in [0.25, 0.3) is 0 Å². The van der Waals surface area contributed by atoms with Crippen molar-refractivity contribution in [2.45, 2.75) is 95.3 Å². The largest absolute Gasteiger partial charge is 0.467 e. The number of esters is 4. The van der Waals surface area contributed by atoms with Gasteiger partial charge in [-0.3, -0.25) is 19.8 Å². The first-order valence-electron chi connectivity index (χ1n) is 12.1. The summed E-state index contributed by atoms with van der Waals surface area (Å²) in [6, 6.07) is 0. The van der Waals surface area contributed by atoms with E-state index in [2.05, 4.69) is 0 Å². The minimum Gasteiger partial charge on any atom is -0.467 e. The van der Waals surface area contributed by atoms with Gasteiger partial charge in [0.25, 0.3) is 3.79 Å². The Morgan fingerprint density at radius 2 is 1.13 bits per heavy atom. The third-order valence-corrected chi connectivity index (χ3v) is 5.46. The molecule has 0 radical (unpaired) electrons. The molecule has 5 atom stereocenters. The lowest BCUT2D eigenvalue weighted by molar-refractivity contribution is -0.287. The highest BCUT2D eigenvalue weighted by atomic mass is 35.6. The number of hydrogen-bond donors (Lipinski definition) is 1. The number of carbonyl (C=O) groups is 4. The Kier molecular flexibility index (Phi) is 13.6. The van der Waals surface area contributed by atoms with Gasteiger partial charge >= 0.3 is 23.9 Å². The number of carbonyl (C=O) groups excluding carboxylic acids is 4. The summed E-state index contributed by atoms with van der Waals surface area (Å²) in [5.41, 5.74) is 0. The minimum atomic E-state index is -2.35. The number of alkyl halides is 3. The van der Waals surface area contributed by atoms with E-state index < -0.39 is 64.3 Å². The molecule has 0 spiro atoms. The monoisotopic (exact) mass is 603 g/mol. The Labute approximate surface area is 237 Å². The summed E-state index contributed by atoms with van der Waals surface area (Å²) >= 11 is 17.2. The van der Waals surface area contributed by atoms with E-state index >= 15 is 0 Å². The molecule has 0 bridgehead atoms. The molecule has 0 aromatic carbocycles. The van der Waals surface area contributed by atoms with Crippen LogP contribution in [0.2, 0.25) is 0 Å². The lowest BCUT2D eigenvalue weighted by Gasteiger charge is -2.43. The van der Waals surface area contributed by atoms with Crippen molar-refractivity contribution in [1.82, 2.24) is 0 Å². The normalized spacial score (nSPS) is 23.7. The van der Waals surface area contributed by atoms with Crippen LogP contribution in [-0.4, -0.2) is 71.4 Å². The van der Waals surface area contributed by atoms with E-state index in [9.17, 15) is 19.2 Å². The molecule has 1 aliphatic heterocycles. The molecule has 14 heteroatoms. The van der Waals surface area contributed by atoms with Crippen molar-refractivity contribution in [2.24, 2.45) is 17.8 Å². The molecule has 1 heterocycles. The fourth-order valence-corrected chi connectivity index (χ4v) is 3.52. The van der Waals surface area contributed by atoms with Crippen molar-refractivity contribution >= 4 is 64.6 Å². The van der Waals surface area contributed by atoms with Gasteiger partial charge in [-0.05, 0) is 17.8 Å². The lowest BCUT2D eigenvalue weighted by Crippen LogP contribution is -2.64. The Morgan fingerprint density at radius 3 is 1.50 bits per heavy atom. The number of nitrogens with one attached hydrogen (secondary N) is 1. The zero-order valence-corrected chi connectivity index (χ0v) is 24.7. The molecule has 1 aliphatic rings. The highest BCUT2D eigenvalue weighted by Crippen LogP contribution is 2.34. The zero-order valence-electron chi connectivity index (χ0n) is 22.5. The molecular formula is C24H36Cl3NO10. The fraction of sp³-hybridized carbons (Fsp3) is 0.792. The minimum absolute atomic E-state index is 0.0350. The second-order valence-electron chi connectivity index (χ2n) is 10.1. The van der Waals surface area contributed by atoms with Gasteiger partial charge in [0, 0.05) is 19.3 Å². The summed E-state index contributed by atoms with van der Waals surface area (Å²) in [6.45, 7) is 10.6. The molecule has 0 aliphatic carbocycles. The van der Waals surface area contributed by atoms with Crippen LogP contribution >= 0.6 is 34.8 Å². The highest BCUT2D eigenvalue weighted by Gasteiger charge is 2.57. The summed E-state index contributed by atoms with van der Waals surface area (Å²) in [6.07, 6.45) is -8.43. The number of hydrogen-bond acceptors (Lipinski definition) is 11. The van der Waals surface area contributed by atoms with Crippen LogP contribution in [0.4, 0.5) is 0 Å². The topological polar surface area (TPSA) is 148 Å². The van der Waals surface area contributed by atoms with Gasteiger partial charge in [-0.15, -0.1) is 0 Å². The molecule has 11 nitrogen and oxygen atoms in total. The van der Waals surface area contributed by atoms with Crippen LogP contribution in [0, 0.1) is 23.2 Å². The van der Waals surface area contributed by atoms with E-state index in [1.807, 2.05) is 0 Å². The van der Waals surface area contributed by atoms with Crippen LogP contribution in [0.5, 0.6) is 0 Å². The van der Waals surface area contributed by atoms with E-state index in [4.69, 9.17) is 68.6 Å². The van der Waals surface area contributed by atoms with Gasteiger partial charge in [0.2, 0.25) is 18.3 Å². The molecule has 0 amide bonds. The molecule has 0 unspecified atom stereocenters. The van der Waals surface area contributed by atoms with Gasteiger partial charge in [-0.25, -0.2) is 4.79 Å². The number of rotatable bonds is 11. The van der Waals surface area contributed by atoms with Gasteiger partial charge in [-0.1, -0.05) is 76.3 Å². The third kappa shape index (κ3) is 11.1. The number of ether oxygens (including phenoxy) is 6. The Bertz CT molecular complexity index is 859. The molecule has 0 saturated carbocycles. The molecule has 0 aromatic rings. The Hall–Kier alpha value is -1.82. The highest BCUT2D eigenvalue weighted by molar-refractivity contribution is 6.76. The van der Waals surface area contributed by atoms with Crippen LogP contribution in [0.3, 0.4) is 0 Å². The molecule has 0 aromatic heterocycles. The van der Waals surface area contributed by atoms with Gasteiger partial charge < -0.3 is 28.4 Å². The van der Waals surface area contributed by atoms with Gasteiger partial charge in [0.05, 0.1) is 7.11 Å². The van der Waals surface area contributed by atoms with Crippen molar-refractivity contribution in [3.63, 3.8) is 0 Å². The van der Waals surface area contributed by atoms with E-state index in [1.165, 1.54) is 0 Å². The fourth-order valence-electron chi connectivity index (χ4n) is 3.38. The van der Waals surface area contributed by atoms with Crippen molar-refractivity contribution in [1.29, 1.82) is 5.41 Å². The Balaban J connectivity index is 3.62. The van der Waals surface area contributed by atoms with Crippen molar-refractivity contribution in [3.05, 3.63) is 0 Å². The quantitative estimate of drug-likeness (QED) is 0.120. The lowest BCUT2D eigenvalue weighted by atomic mass is 9.97. The van der Waals surface area contributed by atoms with E-state index in [-0.39, 0.29) is 37.0 Å². The predicted octanol–water partition coefficient (Wildman–Crippen LogP) is 4.12. The van der Waals surface area contributed by atoms with Gasteiger partial charge in [-0.2, -0.15) is 0 Å². The average molecular weight is 605 g/mol.